The number of hydrogen-bond donors (Lipinski definition) is 0. The van der Waals surface area contributed by atoms with Crippen LogP contribution in [-0.2, 0) is 0 Å². The summed E-state index contributed by atoms with van der Waals surface area (Å²) in [6.07, 6.45) is 2.62. The van der Waals surface area contributed by atoms with Crippen LogP contribution in [0.15, 0.2) is 0 Å². The van der Waals surface area contributed by atoms with E-state index in [1.54, 1.807) is 0 Å². The van der Waals surface area contributed by atoms with Gasteiger partial charge in [0.2, 0.25) is 5.13 Å². The van der Waals surface area contributed by atoms with E-state index in [0.717, 1.165) is 28.9 Å². The zero-order valence-electron chi connectivity index (χ0n) is 9.11. The van der Waals surface area contributed by atoms with Gasteiger partial charge < -0.3 is 4.90 Å². The first-order chi connectivity index (χ1) is 7.22. The Labute approximate surface area is 103 Å². The maximum atomic E-state index is 4.60. The van der Waals surface area contributed by atoms with Gasteiger partial charge in [-0.1, -0.05) is 29.8 Å². The minimum absolute atomic E-state index is 0.431. The third-order valence-corrected chi connectivity index (χ3v) is 3.63. The molecule has 0 atom stereocenters. The molecular weight excluding hydrogens is 274 g/mol. The Balaban J connectivity index is 2.10. The van der Waals surface area contributed by atoms with Gasteiger partial charge >= 0.3 is 0 Å². The molecule has 1 aromatic rings. The van der Waals surface area contributed by atoms with Crippen molar-refractivity contribution >= 4 is 32.6 Å². The zero-order valence-corrected chi connectivity index (χ0v) is 11.5. The van der Waals surface area contributed by atoms with Crippen LogP contribution in [0, 0.1) is 0 Å². The van der Waals surface area contributed by atoms with E-state index >= 15 is 0 Å². The van der Waals surface area contributed by atoms with Crippen molar-refractivity contribution in [3.63, 3.8) is 0 Å². The summed E-state index contributed by atoms with van der Waals surface area (Å²) in [6.45, 7) is 5.31. The monoisotopic (exact) mass is 289 g/mol. The second-order valence-electron chi connectivity index (χ2n) is 4.20. The molecule has 0 aromatic carbocycles. The molecule has 0 bridgehead atoms. The number of aromatic nitrogens is 2. The molecule has 1 aliphatic rings. The molecule has 84 valence electrons. The van der Waals surface area contributed by atoms with Crippen LogP contribution in [0.2, 0.25) is 0 Å². The van der Waals surface area contributed by atoms with E-state index in [9.17, 15) is 0 Å². The highest BCUT2D eigenvalue weighted by Crippen LogP contribution is 2.33. The molecule has 3 nitrogen and oxygen atoms in total. The smallest absolute Gasteiger partial charge is 0.205 e. The van der Waals surface area contributed by atoms with Crippen LogP contribution in [0.4, 0.5) is 5.13 Å². The average molecular weight is 290 g/mol. The molecule has 1 aliphatic carbocycles. The topological polar surface area (TPSA) is 29.0 Å². The Morgan fingerprint density at radius 1 is 1.53 bits per heavy atom. The molecule has 15 heavy (non-hydrogen) atoms. The molecule has 1 saturated carbocycles. The van der Waals surface area contributed by atoms with E-state index in [-0.39, 0.29) is 0 Å². The normalized spacial score (nSPS) is 16.0. The van der Waals surface area contributed by atoms with Gasteiger partial charge in [0.25, 0.3) is 0 Å². The first-order valence-electron chi connectivity index (χ1n) is 5.38. The standard InChI is InChI=1S/C10H16BrN3S/c1-7(2)9-12-10(15-13-9)14(6-5-11)8-3-4-8/h7-8H,3-6H2,1-2H3. The van der Waals surface area contributed by atoms with Crippen molar-refractivity contribution < 1.29 is 0 Å². The van der Waals surface area contributed by atoms with Crippen LogP contribution in [0.1, 0.15) is 38.4 Å². The third kappa shape index (κ3) is 2.69. The lowest BCUT2D eigenvalue weighted by molar-refractivity contribution is 0.779. The van der Waals surface area contributed by atoms with Gasteiger partial charge in [0.1, 0.15) is 5.82 Å². The van der Waals surface area contributed by atoms with Crippen molar-refractivity contribution in [2.75, 3.05) is 16.8 Å². The molecule has 0 radical (unpaired) electrons. The number of anilines is 1. The molecule has 1 heterocycles. The lowest BCUT2D eigenvalue weighted by Crippen LogP contribution is -2.27. The predicted molar refractivity (Wildman–Crippen MR) is 68.2 cm³/mol. The molecule has 1 fully saturated rings. The minimum atomic E-state index is 0.431. The van der Waals surface area contributed by atoms with E-state index in [1.165, 1.54) is 24.4 Å². The predicted octanol–water partition coefficient (Wildman–Crippen LogP) is 3.03. The SMILES string of the molecule is CC(C)c1nsc(N(CCBr)C2CC2)n1. The third-order valence-electron chi connectivity index (χ3n) is 2.51. The van der Waals surface area contributed by atoms with Crippen LogP contribution < -0.4 is 4.90 Å². The second-order valence-corrected chi connectivity index (χ2v) is 5.73. The van der Waals surface area contributed by atoms with Crippen molar-refractivity contribution in [3.8, 4) is 0 Å². The summed E-state index contributed by atoms with van der Waals surface area (Å²) in [6, 6.07) is 0.718. The van der Waals surface area contributed by atoms with Crippen LogP contribution in [0.5, 0.6) is 0 Å². The van der Waals surface area contributed by atoms with Crippen LogP contribution >= 0.6 is 27.5 Å². The molecule has 0 unspecified atom stereocenters. The Morgan fingerprint density at radius 3 is 2.73 bits per heavy atom. The summed E-state index contributed by atoms with van der Waals surface area (Å²) >= 11 is 5.03. The molecule has 0 N–H and O–H groups in total. The lowest BCUT2D eigenvalue weighted by Gasteiger charge is -2.19. The molecule has 5 heteroatoms. The molecule has 0 saturated heterocycles. The molecule has 0 spiro atoms. The van der Waals surface area contributed by atoms with E-state index in [4.69, 9.17) is 0 Å². The number of nitrogens with zero attached hydrogens (tertiary/aromatic N) is 3. The van der Waals surface area contributed by atoms with Gasteiger partial charge in [-0.25, -0.2) is 4.98 Å². The molecule has 0 aliphatic heterocycles. The molecular formula is C10H16BrN3S. The second kappa shape index (κ2) is 4.78. The summed E-state index contributed by atoms with van der Waals surface area (Å²) in [5, 5.41) is 2.10. The van der Waals surface area contributed by atoms with E-state index in [0.29, 0.717) is 5.92 Å². The Morgan fingerprint density at radius 2 is 2.27 bits per heavy atom. The van der Waals surface area contributed by atoms with Gasteiger partial charge in [-0.2, -0.15) is 4.37 Å². The summed E-state index contributed by atoms with van der Waals surface area (Å²) in [5.74, 6) is 1.41. The van der Waals surface area contributed by atoms with E-state index in [2.05, 4.69) is 44.0 Å². The maximum Gasteiger partial charge on any atom is 0.205 e. The van der Waals surface area contributed by atoms with Crippen molar-refractivity contribution in [2.45, 2.75) is 38.6 Å². The first-order valence-corrected chi connectivity index (χ1v) is 7.28. The number of rotatable bonds is 5. The summed E-state index contributed by atoms with van der Waals surface area (Å²) in [4.78, 5) is 6.99. The maximum absolute atomic E-state index is 4.60. The summed E-state index contributed by atoms with van der Waals surface area (Å²) in [5.41, 5.74) is 0. The van der Waals surface area contributed by atoms with E-state index in [1.807, 2.05) is 0 Å². The number of halogens is 1. The van der Waals surface area contributed by atoms with Crippen LogP contribution in [-0.4, -0.2) is 27.3 Å². The van der Waals surface area contributed by atoms with Crippen molar-refractivity contribution in [3.05, 3.63) is 5.82 Å². The van der Waals surface area contributed by atoms with Gasteiger partial charge in [0, 0.05) is 35.4 Å². The molecule has 2 rings (SSSR count). The van der Waals surface area contributed by atoms with Crippen molar-refractivity contribution in [1.82, 2.24) is 9.36 Å². The fraction of sp³-hybridized carbons (Fsp3) is 0.800. The van der Waals surface area contributed by atoms with E-state index < -0.39 is 0 Å². The zero-order chi connectivity index (χ0) is 10.8. The highest BCUT2D eigenvalue weighted by atomic mass is 79.9. The molecule has 0 amide bonds. The van der Waals surface area contributed by atoms with Crippen LogP contribution in [0.25, 0.3) is 0 Å². The Kier molecular flexibility index (Phi) is 3.61. The van der Waals surface area contributed by atoms with Gasteiger partial charge in [-0.3, -0.25) is 0 Å². The Bertz CT molecular complexity index is 322. The van der Waals surface area contributed by atoms with Crippen molar-refractivity contribution in [2.24, 2.45) is 0 Å². The first kappa shape index (κ1) is 11.3. The quantitative estimate of drug-likeness (QED) is 0.781. The Hall–Kier alpha value is -0.160. The summed E-state index contributed by atoms with van der Waals surface area (Å²) < 4.78 is 4.40. The van der Waals surface area contributed by atoms with Crippen molar-refractivity contribution in [1.29, 1.82) is 0 Å². The van der Waals surface area contributed by atoms with Gasteiger partial charge in [0.15, 0.2) is 0 Å². The highest BCUT2D eigenvalue weighted by molar-refractivity contribution is 9.09. The number of hydrogen-bond acceptors (Lipinski definition) is 4. The van der Waals surface area contributed by atoms with Gasteiger partial charge in [-0.05, 0) is 12.8 Å². The fourth-order valence-corrected chi connectivity index (χ4v) is 2.78. The van der Waals surface area contributed by atoms with Gasteiger partial charge in [-0.15, -0.1) is 0 Å². The fourth-order valence-electron chi connectivity index (χ4n) is 1.49. The molecule has 1 aromatic heterocycles. The highest BCUT2D eigenvalue weighted by Gasteiger charge is 2.30. The van der Waals surface area contributed by atoms with Gasteiger partial charge in [0.05, 0.1) is 0 Å². The largest absolute Gasteiger partial charge is 0.343 e. The van der Waals surface area contributed by atoms with Crippen LogP contribution in [0.3, 0.4) is 0 Å². The number of alkyl halides is 1. The lowest BCUT2D eigenvalue weighted by atomic mass is 10.2. The summed E-state index contributed by atoms with van der Waals surface area (Å²) in [7, 11) is 0. The average Bonchev–Trinajstić information content (AvgIpc) is 2.91. The minimum Gasteiger partial charge on any atom is -0.343 e.